The first-order valence-corrected chi connectivity index (χ1v) is 6.67. The van der Waals surface area contributed by atoms with Crippen LogP contribution in [0.3, 0.4) is 0 Å². The van der Waals surface area contributed by atoms with E-state index in [-0.39, 0.29) is 0 Å². The molecule has 1 aromatic carbocycles. The lowest BCUT2D eigenvalue weighted by molar-refractivity contribution is 0.292. The number of hydrogen-bond acceptors (Lipinski definition) is 6. The standard InChI is InChI=1S/C12H13N5OS/c1-8-3-2-4-9(5-8)18-7-10-14-15-12-17(10)16-11(6-13)19-12/h2-5H,6-7,13H2,1H3. The average molecular weight is 275 g/mol. The van der Waals surface area contributed by atoms with Crippen LogP contribution in [0.4, 0.5) is 0 Å². The average Bonchev–Trinajstić information content (AvgIpc) is 2.96. The van der Waals surface area contributed by atoms with Crippen molar-refractivity contribution in [1.82, 2.24) is 19.8 Å². The molecule has 6 nitrogen and oxygen atoms in total. The summed E-state index contributed by atoms with van der Waals surface area (Å²) in [7, 11) is 0. The van der Waals surface area contributed by atoms with Gasteiger partial charge in [0.1, 0.15) is 17.4 Å². The van der Waals surface area contributed by atoms with Crippen LogP contribution in [0, 0.1) is 6.92 Å². The molecule has 3 rings (SSSR count). The van der Waals surface area contributed by atoms with Crippen LogP contribution in [0.2, 0.25) is 0 Å². The minimum atomic E-state index is 0.332. The molecule has 3 aromatic rings. The second-order valence-electron chi connectivity index (χ2n) is 4.12. The molecule has 0 aliphatic carbocycles. The molecule has 0 aliphatic rings. The number of ether oxygens (including phenoxy) is 1. The smallest absolute Gasteiger partial charge is 0.234 e. The van der Waals surface area contributed by atoms with Gasteiger partial charge >= 0.3 is 0 Å². The molecule has 0 radical (unpaired) electrons. The van der Waals surface area contributed by atoms with Crippen LogP contribution in [-0.4, -0.2) is 19.8 Å². The number of benzene rings is 1. The molecule has 2 heterocycles. The number of rotatable bonds is 4. The molecular weight excluding hydrogens is 262 g/mol. The first-order chi connectivity index (χ1) is 9.26. The summed E-state index contributed by atoms with van der Waals surface area (Å²) in [6.45, 7) is 2.76. The van der Waals surface area contributed by atoms with Gasteiger partial charge in [0.15, 0.2) is 5.82 Å². The van der Waals surface area contributed by atoms with E-state index in [0.29, 0.717) is 19.0 Å². The summed E-state index contributed by atoms with van der Waals surface area (Å²) in [5.74, 6) is 1.48. The molecule has 0 amide bonds. The first-order valence-electron chi connectivity index (χ1n) is 5.86. The van der Waals surface area contributed by atoms with Gasteiger partial charge in [-0.25, -0.2) is 0 Å². The van der Waals surface area contributed by atoms with Crippen molar-refractivity contribution in [2.45, 2.75) is 20.1 Å². The van der Waals surface area contributed by atoms with E-state index in [1.54, 1.807) is 4.52 Å². The molecule has 0 fully saturated rings. The summed E-state index contributed by atoms with van der Waals surface area (Å²) in [5, 5.41) is 13.3. The molecule has 0 atom stereocenters. The third-order valence-corrected chi connectivity index (χ3v) is 3.55. The van der Waals surface area contributed by atoms with Gasteiger partial charge in [0.2, 0.25) is 4.96 Å². The van der Waals surface area contributed by atoms with Crippen molar-refractivity contribution in [2.75, 3.05) is 0 Å². The number of fused-ring (bicyclic) bond motifs is 1. The monoisotopic (exact) mass is 275 g/mol. The van der Waals surface area contributed by atoms with E-state index in [1.807, 2.05) is 31.2 Å². The van der Waals surface area contributed by atoms with E-state index >= 15 is 0 Å². The van der Waals surface area contributed by atoms with Crippen LogP contribution in [-0.2, 0) is 13.2 Å². The summed E-state index contributed by atoms with van der Waals surface area (Å²) >= 11 is 1.44. The van der Waals surface area contributed by atoms with Crippen LogP contribution in [0.15, 0.2) is 24.3 Å². The Labute approximate surface area is 113 Å². The van der Waals surface area contributed by atoms with Gasteiger partial charge in [0.05, 0.1) is 0 Å². The lowest BCUT2D eigenvalue weighted by Crippen LogP contribution is -2.03. The fraction of sp³-hybridized carbons (Fsp3) is 0.250. The van der Waals surface area contributed by atoms with Crippen molar-refractivity contribution in [2.24, 2.45) is 5.73 Å². The molecule has 0 saturated heterocycles. The number of aromatic nitrogens is 4. The predicted octanol–water partition coefficient (Wildman–Crippen LogP) is 1.53. The number of nitrogens with zero attached hydrogens (tertiary/aromatic N) is 4. The molecule has 0 unspecified atom stereocenters. The lowest BCUT2D eigenvalue weighted by Gasteiger charge is -2.04. The quantitative estimate of drug-likeness (QED) is 0.781. The van der Waals surface area contributed by atoms with Crippen molar-refractivity contribution in [3.8, 4) is 5.75 Å². The van der Waals surface area contributed by atoms with E-state index in [1.165, 1.54) is 11.3 Å². The number of hydrogen-bond donors (Lipinski definition) is 1. The van der Waals surface area contributed by atoms with Gasteiger partial charge in [-0.05, 0) is 24.6 Å². The Morgan fingerprint density at radius 2 is 2.26 bits per heavy atom. The van der Waals surface area contributed by atoms with Gasteiger partial charge in [-0.3, -0.25) is 0 Å². The molecule has 0 spiro atoms. The van der Waals surface area contributed by atoms with Crippen LogP contribution >= 0.6 is 11.3 Å². The van der Waals surface area contributed by atoms with Gasteiger partial charge in [-0.15, -0.1) is 10.2 Å². The maximum atomic E-state index is 5.69. The summed E-state index contributed by atoms with van der Waals surface area (Å²) in [4.78, 5) is 0.739. The van der Waals surface area contributed by atoms with Gasteiger partial charge < -0.3 is 10.5 Å². The lowest BCUT2D eigenvalue weighted by atomic mass is 10.2. The highest BCUT2D eigenvalue weighted by atomic mass is 32.1. The Bertz CT molecular complexity index is 705. The van der Waals surface area contributed by atoms with E-state index in [9.17, 15) is 0 Å². The summed E-state index contributed by atoms with van der Waals surface area (Å²) in [6.07, 6.45) is 0. The third kappa shape index (κ3) is 2.42. The Kier molecular flexibility index (Phi) is 3.14. The van der Waals surface area contributed by atoms with Crippen molar-refractivity contribution in [3.63, 3.8) is 0 Å². The second kappa shape index (κ2) is 4.94. The minimum absolute atomic E-state index is 0.332. The van der Waals surface area contributed by atoms with E-state index in [4.69, 9.17) is 10.5 Å². The topological polar surface area (TPSA) is 78.3 Å². The first kappa shape index (κ1) is 12.1. The van der Waals surface area contributed by atoms with E-state index in [0.717, 1.165) is 21.3 Å². The molecule has 98 valence electrons. The summed E-state index contributed by atoms with van der Waals surface area (Å²) in [6, 6.07) is 7.87. The highest BCUT2D eigenvalue weighted by Crippen LogP contribution is 2.16. The Morgan fingerprint density at radius 3 is 3.05 bits per heavy atom. The van der Waals surface area contributed by atoms with Gasteiger partial charge in [0, 0.05) is 6.54 Å². The van der Waals surface area contributed by atoms with Crippen LogP contribution in [0.1, 0.15) is 16.4 Å². The fourth-order valence-electron chi connectivity index (χ4n) is 1.72. The van der Waals surface area contributed by atoms with Crippen LogP contribution < -0.4 is 10.5 Å². The largest absolute Gasteiger partial charge is 0.486 e. The number of aryl methyl sites for hydroxylation is 1. The zero-order valence-corrected chi connectivity index (χ0v) is 11.2. The summed E-state index contributed by atoms with van der Waals surface area (Å²) < 4.78 is 7.38. The number of nitrogens with two attached hydrogens (primary N) is 1. The molecule has 7 heteroatoms. The van der Waals surface area contributed by atoms with Gasteiger partial charge in [-0.1, -0.05) is 23.5 Å². The van der Waals surface area contributed by atoms with Crippen molar-refractivity contribution < 1.29 is 4.74 Å². The maximum Gasteiger partial charge on any atom is 0.234 e. The molecule has 2 N–H and O–H groups in total. The Morgan fingerprint density at radius 1 is 1.37 bits per heavy atom. The molecule has 0 aliphatic heterocycles. The van der Waals surface area contributed by atoms with Crippen molar-refractivity contribution in [1.29, 1.82) is 0 Å². The van der Waals surface area contributed by atoms with E-state index < -0.39 is 0 Å². The zero-order valence-electron chi connectivity index (χ0n) is 10.4. The Hall–Kier alpha value is -1.99. The molecule has 0 bridgehead atoms. The second-order valence-corrected chi connectivity index (χ2v) is 5.16. The predicted molar refractivity (Wildman–Crippen MR) is 72.1 cm³/mol. The SMILES string of the molecule is Cc1cccc(OCc2nnc3sc(CN)nn23)c1. The fourth-order valence-corrected chi connectivity index (χ4v) is 2.45. The molecular formula is C12H13N5OS. The van der Waals surface area contributed by atoms with Gasteiger partial charge in [0.25, 0.3) is 0 Å². The third-order valence-electron chi connectivity index (χ3n) is 2.63. The molecule has 19 heavy (non-hydrogen) atoms. The normalized spacial score (nSPS) is 11.1. The highest BCUT2D eigenvalue weighted by Gasteiger charge is 2.11. The van der Waals surface area contributed by atoms with Crippen LogP contribution in [0.5, 0.6) is 5.75 Å². The minimum Gasteiger partial charge on any atom is -0.486 e. The molecule has 0 saturated carbocycles. The highest BCUT2D eigenvalue weighted by molar-refractivity contribution is 7.16. The van der Waals surface area contributed by atoms with Crippen LogP contribution in [0.25, 0.3) is 4.96 Å². The Balaban J connectivity index is 1.79. The van der Waals surface area contributed by atoms with Crippen molar-refractivity contribution >= 4 is 16.3 Å². The van der Waals surface area contributed by atoms with Gasteiger partial charge in [-0.2, -0.15) is 9.61 Å². The maximum absolute atomic E-state index is 5.69. The molecule has 2 aromatic heterocycles. The summed E-state index contributed by atoms with van der Waals surface area (Å²) in [5.41, 5.74) is 6.72. The zero-order chi connectivity index (χ0) is 13.2. The van der Waals surface area contributed by atoms with Crippen molar-refractivity contribution in [3.05, 3.63) is 40.7 Å². The van der Waals surface area contributed by atoms with E-state index in [2.05, 4.69) is 15.3 Å².